The maximum absolute atomic E-state index is 11.0. The molecule has 0 amide bonds. The molecule has 1 aliphatic heterocycles. The minimum Gasteiger partial charge on any atom is -0.466 e. The van der Waals surface area contributed by atoms with Crippen LogP contribution in [0.2, 0.25) is 0 Å². The summed E-state index contributed by atoms with van der Waals surface area (Å²) >= 11 is 41.1. The van der Waals surface area contributed by atoms with Crippen molar-refractivity contribution in [2.45, 2.75) is 145 Å². The predicted molar refractivity (Wildman–Crippen MR) is 353 cm³/mol. The molecule has 0 N–H and O–H groups in total. The molecule has 3 saturated carbocycles. The summed E-state index contributed by atoms with van der Waals surface area (Å²) in [5.41, 5.74) is 1.12. The lowest BCUT2D eigenvalue weighted by Gasteiger charge is -2.33. The highest BCUT2D eigenvalue weighted by Crippen LogP contribution is 2.38. The molecular weight excluding hydrogens is 1500 g/mol. The van der Waals surface area contributed by atoms with Gasteiger partial charge in [0.2, 0.25) is 0 Å². The average Bonchev–Trinajstić information content (AvgIpc) is 1.70. The molecule has 5 rings (SSSR count). The first-order valence-corrected chi connectivity index (χ1v) is 34.7. The van der Waals surface area contributed by atoms with Crippen LogP contribution in [0.5, 0.6) is 0 Å². The summed E-state index contributed by atoms with van der Waals surface area (Å²) in [4.78, 5) is 106. The highest BCUT2D eigenvalue weighted by Gasteiger charge is 2.36. The molecule has 32 nitrogen and oxygen atoms in total. The van der Waals surface area contributed by atoms with Crippen LogP contribution in [0, 0.1) is 35.0 Å². The number of esters is 2. The molecule has 578 valence electrons. The molecule has 1 heterocycles. The first-order chi connectivity index (χ1) is 47.1. The number of ether oxygens (including phenoxy) is 22. The Hall–Kier alpha value is -5.00. The van der Waals surface area contributed by atoms with E-state index in [9.17, 15) is 47.9 Å². The first-order valence-electron chi connectivity index (χ1n) is 30.4. The summed E-state index contributed by atoms with van der Waals surface area (Å²) in [5, 5.41) is 0. The van der Waals surface area contributed by atoms with E-state index in [0.29, 0.717) is 75.8 Å². The molecule has 0 aromatic carbocycles. The molecule has 0 bridgehead atoms. The van der Waals surface area contributed by atoms with Gasteiger partial charge in [-0.1, -0.05) is 164 Å². The zero-order chi connectivity index (χ0) is 75.4. The summed E-state index contributed by atoms with van der Waals surface area (Å²) < 4.78 is 100. The molecule has 0 aromatic rings. The normalized spacial score (nSPS) is 17.8. The predicted octanol–water partition coefficient (Wildman–Crippen LogP) is 14.6. The minimum atomic E-state index is -0.997. The molecule has 99 heavy (non-hydrogen) atoms. The molecular formula is C59H94Cl8O32. The summed E-state index contributed by atoms with van der Waals surface area (Å²) in [5.74, 6) is 1.51. The van der Waals surface area contributed by atoms with E-state index in [1.807, 2.05) is 34.6 Å². The van der Waals surface area contributed by atoms with Crippen molar-refractivity contribution in [3.05, 3.63) is 11.6 Å². The summed E-state index contributed by atoms with van der Waals surface area (Å²) in [6.07, 6.45) is 5.70. The van der Waals surface area contributed by atoms with Crippen molar-refractivity contribution in [3.63, 3.8) is 0 Å². The zero-order valence-electron chi connectivity index (χ0n) is 57.0. The summed E-state index contributed by atoms with van der Waals surface area (Å²) in [6, 6.07) is -1.68. The Bertz CT molecular complexity index is 2210. The topological polar surface area (TPSA) is 374 Å². The Kier molecular flexibility index (Phi) is 63.4. The van der Waals surface area contributed by atoms with Gasteiger partial charge in [-0.25, -0.2) is 47.9 Å². The smallest absolute Gasteiger partial charge is 0.466 e. The van der Waals surface area contributed by atoms with Crippen LogP contribution in [0.25, 0.3) is 0 Å². The number of hydrogen-bond donors (Lipinski definition) is 0. The lowest BCUT2D eigenvalue weighted by Crippen LogP contribution is -2.29. The van der Waals surface area contributed by atoms with E-state index < -0.39 is 86.7 Å². The van der Waals surface area contributed by atoms with Gasteiger partial charge in [-0.15, -0.1) is 0 Å². The lowest BCUT2D eigenvalue weighted by atomic mass is 9.74. The van der Waals surface area contributed by atoms with E-state index in [1.165, 1.54) is 58.8 Å². The lowest BCUT2D eigenvalue weighted by molar-refractivity contribution is -0.205. The number of rotatable bonds is 26. The monoisotopic (exact) mass is 1590 g/mol. The van der Waals surface area contributed by atoms with E-state index in [-0.39, 0.29) is 66.7 Å². The van der Waals surface area contributed by atoms with E-state index in [4.69, 9.17) is 126 Å². The van der Waals surface area contributed by atoms with Crippen molar-refractivity contribution in [2.24, 2.45) is 35.0 Å². The summed E-state index contributed by atoms with van der Waals surface area (Å²) in [6.45, 7) is 17.3. The fraction of sp³-hybridized carbons (Fsp3) is 0.797. The second kappa shape index (κ2) is 63.9. The van der Waals surface area contributed by atoms with Gasteiger partial charge >= 0.3 is 67.7 Å². The maximum atomic E-state index is 11.0. The van der Waals surface area contributed by atoms with Crippen LogP contribution < -0.4 is 0 Å². The van der Waals surface area contributed by atoms with E-state index in [1.54, 1.807) is 0 Å². The quantitative estimate of drug-likeness (QED) is 0.0255. The van der Waals surface area contributed by atoms with Crippen LogP contribution in [0.4, 0.5) is 38.4 Å². The molecule has 4 atom stereocenters. The van der Waals surface area contributed by atoms with Crippen molar-refractivity contribution in [2.75, 3.05) is 122 Å². The van der Waals surface area contributed by atoms with Crippen LogP contribution in [0.15, 0.2) is 11.6 Å². The number of halogens is 8. The van der Waals surface area contributed by atoms with Gasteiger partial charge in [0.05, 0.1) is 47.3 Å². The van der Waals surface area contributed by atoms with Gasteiger partial charge in [-0.3, -0.25) is 0 Å². The molecule has 40 heteroatoms. The molecule has 1 saturated heterocycles. The molecule has 0 aromatic heterocycles. The number of carbonyl (C=O) groups is 10. The van der Waals surface area contributed by atoms with Gasteiger partial charge in [-0.05, 0) is 83.0 Å². The van der Waals surface area contributed by atoms with E-state index in [2.05, 4.69) is 91.0 Å². The van der Waals surface area contributed by atoms with Crippen LogP contribution in [0.1, 0.15) is 120 Å². The minimum absolute atomic E-state index is 0.00258. The zero-order valence-corrected chi connectivity index (χ0v) is 63.0. The number of methoxy groups -OCH3 is 2. The SMILES string of the molecule is CC1=CC(C)(C)[C@@H](OC(=O)OCCl)C1.CC1CCCC(C)C1COC(=O)OCCl.CCOC(COC(=O)OCCl)OCC.COC(=O)C(C)OC(=O)OCCl.COC(=O)COC(=O)OCCl.O=C(OCCl)OC1OCCO1.O=C(OCCl)OCC1CC1.O=C(OCCl)OCC1CCCC1. The highest BCUT2D eigenvalue weighted by atomic mass is 35.5. The third-order valence-corrected chi connectivity index (χ3v) is 13.8. The van der Waals surface area contributed by atoms with Crippen LogP contribution in [-0.2, 0) is 114 Å². The van der Waals surface area contributed by atoms with Crippen molar-refractivity contribution >= 4 is 154 Å². The van der Waals surface area contributed by atoms with Gasteiger partial charge in [0.1, 0.15) is 12.7 Å². The van der Waals surface area contributed by atoms with Gasteiger partial charge < -0.3 is 104 Å². The Labute approximate surface area is 616 Å². The third kappa shape index (κ3) is 57.2. The first kappa shape index (κ1) is 98.2. The maximum Gasteiger partial charge on any atom is 0.513 e. The fourth-order valence-electron chi connectivity index (χ4n) is 8.07. The van der Waals surface area contributed by atoms with E-state index >= 15 is 0 Å². The molecule has 4 aliphatic carbocycles. The molecule has 0 radical (unpaired) electrons. The Morgan fingerprint density at radius 3 is 1.28 bits per heavy atom. The van der Waals surface area contributed by atoms with Crippen molar-refractivity contribution in [1.82, 2.24) is 0 Å². The number of hydrogen-bond acceptors (Lipinski definition) is 32. The van der Waals surface area contributed by atoms with Crippen molar-refractivity contribution in [1.29, 1.82) is 0 Å². The highest BCUT2D eigenvalue weighted by molar-refractivity contribution is 6.19. The van der Waals surface area contributed by atoms with Crippen molar-refractivity contribution < 1.29 is 152 Å². The third-order valence-electron chi connectivity index (χ3n) is 13.0. The second-order valence-electron chi connectivity index (χ2n) is 20.7. The Balaban J connectivity index is -0.00000107. The van der Waals surface area contributed by atoms with Crippen molar-refractivity contribution in [3.8, 4) is 0 Å². The molecule has 4 fully saturated rings. The molecule has 5 aliphatic rings. The molecule has 0 spiro atoms. The fourth-order valence-corrected chi connectivity index (χ4v) is 8.78. The summed E-state index contributed by atoms with van der Waals surface area (Å²) in [7, 11) is 2.37. The van der Waals surface area contributed by atoms with Crippen LogP contribution in [0.3, 0.4) is 0 Å². The van der Waals surface area contributed by atoms with Gasteiger partial charge in [0.25, 0.3) is 0 Å². The van der Waals surface area contributed by atoms with Gasteiger partial charge in [0, 0.05) is 25.0 Å². The van der Waals surface area contributed by atoms with E-state index in [0.717, 1.165) is 32.1 Å². The largest absolute Gasteiger partial charge is 0.513 e. The van der Waals surface area contributed by atoms with Crippen LogP contribution >= 0.6 is 92.8 Å². The van der Waals surface area contributed by atoms with Gasteiger partial charge in [-0.2, -0.15) is 0 Å². The molecule has 3 unspecified atom stereocenters. The Morgan fingerprint density at radius 1 is 0.495 bits per heavy atom. The van der Waals surface area contributed by atoms with Crippen LogP contribution in [-0.4, -0.2) is 208 Å². The number of carbonyl (C=O) groups excluding carboxylic acids is 10. The average molecular weight is 1600 g/mol. The number of alkyl halides is 8. The second-order valence-corrected chi connectivity index (χ2v) is 22.4. The van der Waals surface area contributed by atoms with Gasteiger partial charge in [0.15, 0.2) is 67.5 Å². The standard InChI is InChI=1S/C11H19ClO3.C10H15ClO3.C8H15ClO5.C8H13ClO3.C6H9ClO5.C6H9ClO3.2C5H7ClO5/c1-8-4-3-5-9(2)10(8)6-14-11(13)15-7-12;1-7-4-8(10(2,3)5-7)14-9(12)13-6-11;1-3-11-7(12-4-2)5-13-8(10)14-6-9;9-6-12-8(10)11-5-7-3-1-2-4-7;1-4(5(8)10-2)12-6(9)11-3-7;7-4-10-6(8)9-3-5-1-2-5;6-3-10-4(7)11-5-8-1-2-9-5;1-9-4(7)2-10-5(8)11-3-6/h8-10H,3-7H2,1-2H3;5,8H,4,6H2,1-3H3;7H,3-6H2,1-2H3;7H,1-6H2;4H,3H2,1-2H3;5H,1-4H2;5H,1-3H2;2-3H2,1H3/t;8-;;;;;;/m.0....../s1. The Morgan fingerprint density at radius 2 is 0.889 bits per heavy atom.